The maximum atomic E-state index is 5.33. The second-order valence-corrected chi connectivity index (χ2v) is 11.0. The van der Waals surface area contributed by atoms with Crippen molar-refractivity contribution in [3.63, 3.8) is 0 Å². The predicted octanol–water partition coefficient (Wildman–Crippen LogP) is 9.49. The molecule has 0 fully saturated rings. The first-order valence-electron chi connectivity index (χ1n) is 12.4. The first-order valence-corrected chi connectivity index (χ1v) is 15.5. The van der Waals surface area contributed by atoms with E-state index in [0.717, 1.165) is 23.7 Å². The van der Waals surface area contributed by atoms with E-state index in [1.54, 1.807) is 12.4 Å². The number of aliphatic imine (C=N–C) groups is 2. The first-order chi connectivity index (χ1) is 17.9. The van der Waals surface area contributed by atoms with Crippen molar-refractivity contribution >= 4 is 48.1 Å². The van der Waals surface area contributed by atoms with E-state index in [0.29, 0.717) is 11.8 Å². The van der Waals surface area contributed by atoms with Crippen molar-refractivity contribution in [3.05, 3.63) is 107 Å². The Morgan fingerprint density at radius 1 is 0.730 bits per heavy atom. The summed E-state index contributed by atoms with van der Waals surface area (Å²) >= 11 is 0.194. The molecule has 3 aromatic carbocycles. The average molecular weight is 574 g/mol. The molecule has 3 nitrogen and oxygen atoms in total. The predicted molar refractivity (Wildman–Crippen MR) is 158 cm³/mol. The van der Waals surface area contributed by atoms with Gasteiger partial charge in [0.2, 0.25) is 0 Å². The largest absolute Gasteiger partial charge is 0.265 e. The van der Waals surface area contributed by atoms with Crippen LogP contribution in [0.5, 0.6) is 0 Å². The third-order valence-corrected chi connectivity index (χ3v) is 6.09. The average Bonchev–Trinajstić information content (AvgIpc) is 3.20. The number of para-hydroxylation sites is 1. The van der Waals surface area contributed by atoms with Gasteiger partial charge in [-0.1, -0.05) is 88.4 Å². The van der Waals surface area contributed by atoms with Crippen molar-refractivity contribution in [1.29, 1.82) is 0 Å². The fourth-order valence-corrected chi connectivity index (χ4v) is 4.49. The Labute approximate surface area is 235 Å². The molecule has 0 saturated heterocycles. The molecule has 0 N–H and O–H groups in total. The number of hydrogen-bond donors (Lipinski definition) is 0. The molecule has 1 aliphatic rings. The standard InChI is InChI=1S/C26H28N2.C5H5N.2ClH.Fe/c1-6-27-25-21-14-7-10-18-11-8-15-22(23(18)21)26(25)28-24-19(16(2)3)12-9-13-20(24)17(4)5;1-2-4-6-5-3-1;;;/h7-17H,6H2,1-5H3;1-5H;2*1H;/q;;;;+2/p-2. The van der Waals surface area contributed by atoms with Crippen LogP contribution in [0.4, 0.5) is 5.69 Å². The molecule has 0 aliphatic heterocycles. The van der Waals surface area contributed by atoms with Gasteiger partial charge < -0.3 is 0 Å². The van der Waals surface area contributed by atoms with Crippen molar-refractivity contribution in [2.24, 2.45) is 9.98 Å². The van der Waals surface area contributed by atoms with E-state index in [-0.39, 0.29) is 13.1 Å². The van der Waals surface area contributed by atoms with E-state index in [9.17, 15) is 0 Å². The summed E-state index contributed by atoms with van der Waals surface area (Å²) in [5, 5.41) is 2.54. The molecule has 0 bridgehead atoms. The summed E-state index contributed by atoms with van der Waals surface area (Å²) in [6.07, 6.45) is 3.50. The van der Waals surface area contributed by atoms with Crippen LogP contribution >= 0.6 is 20.2 Å². The Kier molecular flexibility index (Phi) is 11.4. The van der Waals surface area contributed by atoms with Gasteiger partial charge >= 0.3 is 33.3 Å². The Bertz CT molecular complexity index is 1310. The second-order valence-electron chi connectivity index (χ2n) is 9.16. The van der Waals surface area contributed by atoms with Gasteiger partial charge in [-0.05, 0) is 47.4 Å². The zero-order valence-electron chi connectivity index (χ0n) is 21.9. The smallest absolute Gasteiger partial charge is 0.0267 e. The molecule has 0 radical (unpaired) electrons. The quantitative estimate of drug-likeness (QED) is 0.224. The van der Waals surface area contributed by atoms with Crippen LogP contribution < -0.4 is 0 Å². The third kappa shape index (κ3) is 7.09. The zero-order chi connectivity index (χ0) is 26.8. The summed E-state index contributed by atoms with van der Waals surface area (Å²) < 4.78 is 0. The molecule has 1 aliphatic carbocycles. The number of nitrogens with zero attached hydrogens (tertiary/aromatic N) is 3. The second kappa shape index (κ2) is 14.4. The van der Waals surface area contributed by atoms with Gasteiger partial charge in [0.15, 0.2) is 0 Å². The van der Waals surface area contributed by atoms with E-state index in [1.807, 2.05) is 18.2 Å². The maximum Gasteiger partial charge on any atom is 0.0267 e. The molecule has 0 amide bonds. The maximum absolute atomic E-state index is 5.33. The molecule has 1 heterocycles. The van der Waals surface area contributed by atoms with Crippen LogP contribution in [0.15, 0.2) is 95.2 Å². The first kappa shape index (κ1) is 29.1. The number of benzene rings is 3. The van der Waals surface area contributed by atoms with E-state index >= 15 is 0 Å². The van der Waals surface area contributed by atoms with Crippen LogP contribution in [-0.2, 0) is 13.1 Å². The van der Waals surface area contributed by atoms with Crippen LogP contribution in [0.3, 0.4) is 0 Å². The summed E-state index contributed by atoms with van der Waals surface area (Å²) in [5.41, 5.74) is 8.19. The normalized spacial score (nSPS) is 14.2. The van der Waals surface area contributed by atoms with Crippen molar-refractivity contribution in [1.82, 2.24) is 4.98 Å². The van der Waals surface area contributed by atoms with Crippen molar-refractivity contribution in [2.75, 3.05) is 6.54 Å². The molecule has 0 atom stereocenters. The van der Waals surface area contributed by atoms with Gasteiger partial charge in [-0.3, -0.25) is 9.98 Å². The van der Waals surface area contributed by atoms with Gasteiger partial charge in [0.1, 0.15) is 0 Å². The topological polar surface area (TPSA) is 37.6 Å². The van der Waals surface area contributed by atoms with Crippen LogP contribution in [0, 0.1) is 0 Å². The summed E-state index contributed by atoms with van der Waals surface area (Å²) in [5.74, 6) is 0.841. The molecule has 0 saturated carbocycles. The molecule has 4 aromatic rings. The number of hydrogen-bond acceptors (Lipinski definition) is 3. The van der Waals surface area contributed by atoms with Gasteiger partial charge in [-0.2, -0.15) is 0 Å². The summed E-state index contributed by atoms with van der Waals surface area (Å²) in [4.78, 5) is 14.0. The molecule has 5 rings (SSSR count). The Hall–Kier alpha value is -2.49. The van der Waals surface area contributed by atoms with E-state index in [1.165, 1.54) is 33.0 Å². The molecular formula is C31H33Cl2FeN3. The summed E-state index contributed by atoms with van der Waals surface area (Å²) in [6.45, 7) is 11.8. The summed E-state index contributed by atoms with van der Waals surface area (Å²) in [7, 11) is 9.53. The minimum atomic E-state index is 0.194. The van der Waals surface area contributed by atoms with E-state index in [2.05, 4.69) is 94.2 Å². The number of pyridine rings is 1. The fourth-order valence-electron chi connectivity index (χ4n) is 4.49. The van der Waals surface area contributed by atoms with Gasteiger partial charge in [0, 0.05) is 35.5 Å². The zero-order valence-corrected chi connectivity index (χ0v) is 24.5. The van der Waals surface area contributed by atoms with Gasteiger partial charge in [-0.25, -0.2) is 4.99 Å². The summed E-state index contributed by atoms with van der Waals surface area (Å²) in [6, 6.07) is 25.3. The van der Waals surface area contributed by atoms with Gasteiger partial charge in [0.25, 0.3) is 0 Å². The Morgan fingerprint density at radius 3 is 1.68 bits per heavy atom. The van der Waals surface area contributed by atoms with Crippen molar-refractivity contribution < 1.29 is 13.1 Å². The molecule has 194 valence electrons. The number of rotatable bonds is 4. The van der Waals surface area contributed by atoms with Crippen LogP contribution in [0.1, 0.15) is 68.7 Å². The number of halogens is 2. The van der Waals surface area contributed by atoms with E-state index < -0.39 is 0 Å². The molecule has 1 aromatic heterocycles. The third-order valence-electron chi connectivity index (χ3n) is 6.09. The van der Waals surface area contributed by atoms with Gasteiger partial charge in [0.05, 0.1) is 17.1 Å². The fraction of sp³-hybridized carbons (Fsp3) is 0.258. The van der Waals surface area contributed by atoms with Crippen molar-refractivity contribution in [3.8, 4) is 0 Å². The minimum absolute atomic E-state index is 0.194. The molecule has 0 unspecified atom stereocenters. The van der Waals surface area contributed by atoms with Crippen LogP contribution in [-0.4, -0.2) is 23.0 Å². The Morgan fingerprint density at radius 2 is 1.24 bits per heavy atom. The number of aromatic nitrogens is 1. The van der Waals surface area contributed by atoms with Gasteiger partial charge in [-0.15, -0.1) is 0 Å². The van der Waals surface area contributed by atoms with Crippen LogP contribution in [0.2, 0.25) is 0 Å². The Balaban J connectivity index is 0.000000360. The van der Waals surface area contributed by atoms with E-state index in [4.69, 9.17) is 30.2 Å². The molecule has 6 heteroatoms. The SMILES string of the molecule is CCN=C1C(=Nc2c(C(C)C)cccc2C(C)C)c2cccc3cccc1c23.[Cl][Fe][Cl].c1ccncc1. The minimum Gasteiger partial charge on any atom is -0.265 e. The van der Waals surface area contributed by atoms with Crippen molar-refractivity contribution in [2.45, 2.75) is 46.5 Å². The monoisotopic (exact) mass is 573 g/mol. The molecule has 37 heavy (non-hydrogen) atoms. The molecular weight excluding hydrogens is 541 g/mol. The van der Waals surface area contributed by atoms with Crippen LogP contribution in [0.25, 0.3) is 10.8 Å². The molecule has 0 spiro atoms.